The van der Waals surface area contributed by atoms with Crippen LogP contribution in [0.4, 0.5) is 10.1 Å². The number of carbonyl (C=O) groups is 1. The Kier molecular flexibility index (Phi) is 3.14. The fraction of sp³-hybridized carbons (Fsp3) is 0.0769. The van der Waals surface area contributed by atoms with E-state index in [1.807, 2.05) is 0 Å². The predicted molar refractivity (Wildman–Crippen MR) is 63.3 cm³/mol. The minimum Gasteiger partial charge on any atom is -0.320 e. The lowest BCUT2D eigenvalue weighted by molar-refractivity contribution is 0.102. The first-order valence-electron chi connectivity index (χ1n) is 5.14. The van der Waals surface area contributed by atoms with Gasteiger partial charge in [-0.25, -0.2) is 4.39 Å². The van der Waals surface area contributed by atoms with E-state index in [0.717, 1.165) is 5.56 Å². The lowest BCUT2D eigenvalue weighted by atomic mass is 10.1. The third-order valence-corrected chi connectivity index (χ3v) is 2.29. The molecule has 4 heteroatoms. The first-order chi connectivity index (χ1) is 8.16. The zero-order valence-corrected chi connectivity index (χ0v) is 9.27. The number of nitrogens with one attached hydrogen (secondary N) is 1. The fourth-order valence-corrected chi connectivity index (χ4v) is 1.44. The van der Waals surface area contributed by atoms with Gasteiger partial charge in [0.25, 0.3) is 5.91 Å². The van der Waals surface area contributed by atoms with Gasteiger partial charge < -0.3 is 5.32 Å². The van der Waals surface area contributed by atoms with Gasteiger partial charge in [-0.3, -0.25) is 9.78 Å². The Morgan fingerprint density at radius 2 is 2.18 bits per heavy atom. The normalized spacial score (nSPS) is 10.0. The standard InChI is InChI=1S/C13H11FN2O/c1-9-4-5-11(12(14)7-9)13(17)16-10-3-2-6-15-8-10/h2-8H,1H3,(H,16,17). The molecule has 0 fully saturated rings. The molecule has 2 aromatic rings. The number of anilines is 1. The minimum atomic E-state index is -0.522. The average molecular weight is 230 g/mol. The van der Waals surface area contributed by atoms with Crippen LogP contribution in [0.3, 0.4) is 0 Å². The van der Waals surface area contributed by atoms with Crippen molar-refractivity contribution >= 4 is 11.6 Å². The summed E-state index contributed by atoms with van der Waals surface area (Å²) in [6, 6.07) is 7.88. The summed E-state index contributed by atoms with van der Waals surface area (Å²) in [5, 5.41) is 2.58. The Morgan fingerprint density at radius 1 is 1.35 bits per heavy atom. The van der Waals surface area contributed by atoms with E-state index in [0.29, 0.717) is 5.69 Å². The highest BCUT2D eigenvalue weighted by Crippen LogP contribution is 2.12. The number of halogens is 1. The van der Waals surface area contributed by atoms with Crippen LogP contribution in [0.2, 0.25) is 0 Å². The fourth-order valence-electron chi connectivity index (χ4n) is 1.44. The molecule has 0 unspecified atom stereocenters. The number of hydrogen-bond acceptors (Lipinski definition) is 2. The molecule has 0 atom stereocenters. The van der Waals surface area contributed by atoms with Gasteiger partial charge in [-0.2, -0.15) is 0 Å². The third-order valence-electron chi connectivity index (χ3n) is 2.29. The van der Waals surface area contributed by atoms with Crippen molar-refractivity contribution in [1.82, 2.24) is 4.98 Å². The van der Waals surface area contributed by atoms with Crippen molar-refractivity contribution in [3.05, 3.63) is 59.7 Å². The number of benzene rings is 1. The first-order valence-corrected chi connectivity index (χ1v) is 5.14. The molecule has 86 valence electrons. The Bertz CT molecular complexity index is 540. The van der Waals surface area contributed by atoms with Gasteiger partial charge in [-0.05, 0) is 36.8 Å². The van der Waals surface area contributed by atoms with E-state index in [9.17, 15) is 9.18 Å². The molecule has 1 aromatic carbocycles. The number of aryl methyl sites for hydroxylation is 1. The quantitative estimate of drug-likeness (QED) is 0.861. The van der Waals surface area contributed by atoms with E-state index in [4.69, 9.17) is 0 Å². The molecule has 0 aliphatic carbocycles. The van der Waals surface area contributed by atoms with Crippen molar-refractivity contribution in [1.29, 1.82) is 0 Å². The topological polar surface area (TPSA) is 42.0 Å². The second-order valence-electron chi connectivity index (χ2n) is 3.68. The van der Waals surface area contributed by atoms with Crippen LogP contribution in [0.1, 0.15) is 15.9 Å². The molecule has 1 amide bonds. The predicted octanol–water partition coefficient (Wildman–Crippen LogP) is 2.78. The summed E-state index contributed by atoms with van der Waals surface area (Å²) < 4.78 is 13.5. The minimum absolute atomic E-state index is 0.0273. The van der Waals surface area contributed by atoms with Gasteiger partial charge in [0.05, 0.1) is 17.4 Å². The maximum Gasteiger partial charge on any atom is 0.258 e. The Morgan fingerprint density at radius 3 is 2.82 bits per heavy atom. The first kappa shape index (κ1) is 11.3. The summed E-state index contributed by atoms with van der Waals surface area (Å²) >= 11 is 0. The van der Waals surface area contributed by atoms with Gasteiger partial charge in [0, 0.05) is 6.20 Å². The molecule has 2 rings (SSSR count). The largest absolute Gasteiger partial charge is 0.320 e. The molecule has 0 spiro atoms. The number of amides is 1. The molecule has 3 nitrogen and oxygen atoms in total. The highest BCUT2D eigenvalue weighted by molar-refractivity contribution is 6.04. The molecule has 1 heterocycles. The second kappa shape index (κ2) is 4.74. The van der Waals surface area contributed by atoms with Crippen LogP contribution in [0.15, 0.2) is 42.7 Å². The van der Waals surface area contributed by atoms with E-state index in [2.05, 4.69) is 10.3 Å². The van der Waals surface area contributed by atoms with Crippen LogP contribution in [0.25, 0.3) is 0 Å². The highest BCUT2D eigenvalue weighted by Gasteiger charge is 2.11. The maximum atomic E-state index is 13.5. The van der Waals surface area contributed by atoms with Crippen molar-refractivity contribution in [3.63, 3.8) is 0 Å². The number of hydrogen-bond donors (Lipinski definition) is 1. The summed E-state index contributed by atoms with van der Waals surface area (Å²) in [6.45, 7) is 1.77. The van der Waals surface area contributed by atoms with Gasteiger partial charge in [-0.15, -0.1) is 0 Å². The van der Waals surface area contributed by atoms with Gasteiger partial charge >= 0.3 is 0 Å². The lowest BCUT2D eigenvalue weighted by Crippen LogP contribution is -2.13. The van der Waals surface area contributed by atoms with Crippen molar-refractivity contribution in [2.75, 3.05) is 5.32 Å². The molecule has 0 saturated carbocycles. The van der Waals surface area contributed by atoms with Crippen LogP contribution in [-0.4, -0.2) is 10.9 Å². The SMILES string of the molecule is Cc1ccc(C(=O)Nc2cccnc2)c(F)c1. The highest BCUT2D eigenvalue weighted by atomic mass is 19.1. The van der Waals surface area contributed by atoms with E-state index in [1.54, 1.807) is 31.3 Å². The molecule has 1 N–H and O–H groups in total. The number of nitrogens with zero attached hydrogens (tertiary/aromatic N) is 1. The van der Waals surface area contributed by atoms with Gasteiger partial charge in [0.2, 0.25) is 0 Å². The van der Waals surface area contributed by atoms with Gasteiger partial charge in [0.15, 0.2) is 0 Å². The lowest BCUT2D eigenvalue weighted by Gasteiger charge is -2.05. The van der Waals surface area contributed by atoms with E-state index < -0.39 is 11.7 Å². The number of carbonyl (C=O) groups excluding carboxylic acids is 1. The third kappa shape index (κ3) is 2.66. The van der Waals surface area contributed by atoms with E-state index in [1.165, 1.54) is 18.3 Å². The monoisotopic (exact) mass is 230 g/mol. The summed E-state index contributed by atoms with van der Waals surface area (Å²) in [5.41, 5.74) is 1.34. The van der Waals surface area contributed by atoms with Gasteiger partial charge in [-0.1, -0.05) is 6.07 Å². The second-order valence-corrected chi connectivity index (χ2v) is 3.68. The van der Waals surface area contributed by atoms with Crippen LogP contribution >= 0.6 is 0 Å². The van der Waals surface area contributed by atoms with Crippen molar-refractivity contribution in [2.45, 2.75) is 6.92 Å². The molecule has 0 aliphatic heterocycles. The summed E-state index contributed by atoms with van der Waals surface area (Å²) in [7, 11) is 0. The maximum absolute atomic E-state index is 13.5. The Hall–Kier alpha value is -2.23. The zero-order chi connectivity index (χ0) is 12.3. The van der Waals surface area contributed by atoms with Crippen LogP contribution in [0, 0.1) is 12.7 Å². The van der Waals surface area contributed by atoms with Crippen LogP contribution < -0.4 is 5.32 Å². The molecule has 0 saturated heterocycles. The number of aromatic nitrogens is 1. The summed E-state index contributed by atoms with van der Waals surface area (Å²) in [6.07, 6.45) is 3.10. The Balaban J connectivity index is 2.21. The molecular weight excluding hydrogens is 219 g/mol. The average Bonchev–Trinajstić information content (AvgIpc) is 2.30. The van der Waals surface area contributed by atoms with Crippen LogP contribution in [0.5, 0.6) is 0 Å². The molecule has 1 aromatic heterocycles. The molecule has 0 radical (unpaired) electrons. The smallest absolute Gasteiger partial charge is 0.258 e. The van der Waals surface area contributed by atoms with Crippen molar-refractivity contribution in [2.24, 2.45) is 0 Å². The summed E-state index contributed by atoms with van der Waals surface area (Å²) in [5.74, 6) is -0.998. The number of rotatable bonds is 2. The molecule has 17 heavy (non-hydrogen) atoms. The molecule has 0 aliphatic rings. The molecular formula is C13H11FN2O. The summed E-state index contributed by atoms with van der Waals surface area (Å²) in [4.78, 5) is 15.6. The molecule has 0 bridgehead atoms. The van der Waals surface area contributed by atoms with Gasteiger partial charge in [0.1, 0.15) is 5.82 Å². The van der Waals surface area contributed by atoms with E-state index in [-0.39, 0.29) is 5.56 Å². The van der Waals surface area contributed by atoms with Crippen LogP contribution in [-0.2, 0) is 0 Å². The van der Waals surface area contributed by atoms with Crippen molar-refractivity contribution in [3.8, 4) is 0 Å². The zero-order valence-electron chi connectivity index (χ0n) is 9.27. The van der Waals surface area contributed by atoms with Crippen molar-refractivity contribution < 1.29 is 9.18 Å². The Labute approximate surface area is 98.3 Å². The van der Waals surface area contributed by atoms with E-state index >= 15 is 0 Å². The number of pyridine rings is 1.